The van der Waals surface area contributed by atoms with Gasteiger partial charge in [-0.2, -0.15) is 8.42 Å². The van der Waals surface area contributed by atoms with Crippen LogP contribution in [0.15, 0.2) is 68.4 Å². The molecular formula is C30H34Br2O3S. The molecule has 1 aliphatic carbocycles. The SMILES string of the molecule is Cc1ccc(S(=O)(=O)OCCCCCCCCCCc2c(Br)ccc3c2Cc2cc(Br)ccc2-3)cc1. The van der Waals surface area contributed by atoms with E-state index >= 15 is 0 Å². The minimum absolute atomic E-state index is 0.234. The molecule has 0 aromatic heterocycles. The second-order valence-electron chi connectivity index (χ2n) is 9.70. The number of fused-ring (bicyclic) bond motifs is 3. The van der Waals surface area contributed by atoms with Crippen molar-refractivity contribution >= 4 is 42.0 Å². The van der Waals surface area contributed by atoms with Crippen molar-refractivity contribution in [1.82, 2.24) is 0 Å². The molecule has 0 bridgehead atoms. The lowest BCUT2D eigenvalue weighted by Crippen LogP contribution is -2.07. The van der Waals surface area contributed by atoms with Crippen LogP contribution in [0.25, 0.3) is 11.1 Å². The fourth-order valence-electron chi connectivity index (χ4n) is 4.96. The normalized spacial score (nSPS) is 12.5. The molecule has 192 valence electrons. The fraction of sp³-hybridized carbons (Fsp3) is 0.400. The van der Waals surface area contributed by atoms with Crippen molar-refractivity contribution in [2.75, 3.05) is 6.61 Å². The molecule has 36 heavy (non-hydrogen) atoms. The van der Waals surface area contributed by atoms with E-state index in [0.29, 0.717) is 0 Å². The molecule has 0 amide bonds. The highest BCUT2D eigenvalue weighted by molar-refractivity contribution is 9.10. The van der Waals surface area contributed by atoms with Crippen molar-refractivity contribution < 1.29 is 12.6 Å². The first-order chi connectivity index (χ1) is 17.3. The topological polar surface area (TPSA) is 43.4 Å². The summed E-state index contributed by atoms with van der Waals surface area (Å²) in [5.41, 5.74) is 8.18. The number of benzene rings is 3. The van der Waals surface area contributed by atoms with Crippen LogP contribution in [0, 0.1) is 6.92 Å². The van der Waals surface area contributed by atoms with E-state index in [2.05, 4.69) is 62.2 Å². The molecule has 1 aliphatic rings. The number of unbranched alkanes of at least 4 members (excludes halogenated alkanes) is 7. The van der Waals surface area contributed by atoms with Crippen molar-refractivity contribution in [3.8, 4) is 11.1 Å². The molecule has 0 fully saturated rings. The van der Waals surface area contributed by atoms with Crippen LogP contribution >= 0.6 is 31.9 Å². The monoisotopic (exact) mass is 632 g/mol. The van der Waals surface area contributed by atoms with Gasteiger partial charge in [-0.15, -0.1) is 0 Å². The lowest BCUT2D eigenvalue weighted by molar-refractivity contribution is 0.306. The molecular weight excluding hydrogens is 600 g/mol. The van der Waals surface area contributed by atoms with Crippen molar-refractivity contribution in [3.05, 3.63) is 85.8 Å². The summed E-state index contributed by atoms with van der Waals surface area (Å²) in [6, 6.07) is 17.9. The van der Waals surface area contributed by atoms with E-state index in [0.717, 1.165) is 42.1 Å². The molecule has 0 unspecified atom stereocenters. The van der Waals surface area contributed by atoms with E-state index in [4.69, 9.17) is 4.18 Å². The zero-order valence-electron chi connectivity index (χ0n) is 20.9. The average Bonchev–Trinajstić information content (AvgIpc) is 3.21. The number of hydrogen-bond acceptors (Lipinski definition) is 3. The van der Waals surface area contributed by atoms with Gasteiger partial charge in [0.1, 0.15) is 0 Å². The maximum absolute atomic E-state index is 12.2. The van der Waals surface area contributed by atoms with Gasteiger partial charge in [0.2, 0.25) is 0 Å². The Morgan fingerprint density at radius 1 is 0.778 bits per heavy atom. The average molecular weight is 634 g/mol. The van der Waals surface area contributed by atoms with E-state index in [1.165, 1.54) is 64.4 Å². The Labute approximate surface area is 233 Å². The molecule has 3 aromatic carbocycles. The first kappa shape index (κ1) is 27.6. The molecule has 3 aromatic rings. The highest BCUT2D eigenvalue weighted by Gasteiger charge is 2.22. The van der Waals surface area contributed by atoms with Gasteiger partial charge in [0, 0.05) is 8.95 Å². The lowest BCUT2D eigenvalue weighted by atomic mass is 9.96. The van der Waals surface area contributed by atoms with Crippen LogP contribution in [0.2, 0.25) is 0 Å². The van der Waals surface area contributed by atoms with Crippen LogP contribution in [0.1, 0.15) is 73.6 Å². The highest BCUT2D eigenvalue weighted by Crippen LogP contribution is 2.42. The van der Waals surface area contributed by atoms with Crippen molar-refractivity contribution in [1.29, 1.82) is 0 Å². The third-order valence-corrected chi connectivity index (χ3v) is 9.53. The molecule has 0 saturated heterocycles. The zero-order valence-corrected chi connectivity index (χ0v) is 24.9. The molecule has 0 spiro atoms. The molecule has 4 rings (SSSR count). The first-order valence-electron chi connectivity index (χ1n) is 12.9. The Balaban J connectivity index is 1.10. The maximum atomic E-state index is 12.2. The number of hydrogen-bond donors (Lipinski definition) is 0. The van der Waals surface area contributed by atoms with Gasteiger partial charge in [0.25, 0.3) is 10.1 Å². The summed E-state index contributed by atoms with van der Waals surface area (Å²) in [5, 5.41) is 0. The summed E-state index contributed by atoms with van der Waals surface area (Å²) in [6.45, 7) is 2.19. The number of halogens is 2. The van der Waals surface area contributed by atoms with Crippen LogP contribution in [0.5, 0.6) is 0 Å². The van der Waals surface area contributed by atoms with Crippen LogP contribution in [0.4, 0.5) is 0 Å². The van der Waals surface area contributed by atoms with E-state index in [9.17, 15) is 8.42 Å². The molecule has 0 aliphatic heterocycles. The van der Waals surface area contributed by atoms with Crippen molar-refractivity contribution in [2.45, 2.75) is 76.0 Å². The number of rotatable bonds is 13. The van der Waals surface area contributed by atoms with Gasteiger partial charge in [-0.1, -0.05) is 100 Å². The van der Waals surface area contributed by atoms with E-state index in [-0.39, 0.29) is 11.5 Å². The molecule has 0 saturated carbocycles. The molecule has 0 atom stereocenters. The Morgan fingerprint density at radius 2 is 1.42 bits per heavy atom. The minimum atomic E-state index is -3.64. The van der Waals surface area contributed by atoms with Crippen LogP contribution in [-0.2, 0) is 27.1 Å². The third-order valence-electron chi connectivity index (χ3n) is 6.97. The Morgan fingerprint density at radius 3 is 2.14 bits per heavy atom. The molecule has 6 heteroatoms. The first-order valence-corrected chi connectivity index (χ1v) is 15.9. The quantitative estimate of drug-likeness (QED) is 0.109. The van der Waals surface area contributed by atoms with Gasteiger partial charge >= 0.3 is 0 Å². The molecule has 3 nitrogen and oxygen atoms in total. The van der Waals surface area contributed by atoms with Gasteiger partial charge in [-0.05, 0) is 90.8 Å². The predicted octanol–water partition coefficient (Wildman–Crippen LogP) is 9.16. The third kappa shape index (κ3) is 7.09. The van der Waals surface area contributed by atoms with E-state index in [1.807, 2.05) is 6.92 Å². The van der Waals surface area contributed by atoms with Gasteiger partial charge in [0.15, 0.2) is 0 Å². The second-order valence-corrected chi connectivity index (χ2v) is 13.1. The van der Waals surface area contributed by atoms with Crippen LogP contribution in [-0.4, -0.2) is 15.0 Å². The van der Waals surface area contributed by atoms with Crippen LogP contribution < -0.4 is 0 Å². The maximum Gasteiger partial charge on any atom is 0.296 e. The smallest absolute Gasteiger partial charge is 0.266 e. The molecule has 0 radical (unpaired) electrons. The standard InChI is InChI=1S/C30H34Br2O3S/c1-22-11-14-25(15-12-22)36(33,34)35-19-9-7-5-3-2-4-6-8-10-28-29-21-23-20-24(31)13-16-26(23)27(29)17-18-30(28)32/h11-18,20H,2-10,19,21H2,1H3. The summed E-state index contributed by atoms with van der Waals surface area (Å²) in [5.74, 6) is 0. The highest BCUT2D eigenvalue weighted by atomic mass is 79.9. The van der Waals surface area contributed by atoms with Crippen LogP contribution in [0.3, 0.4) is 0 Å². The van der Waals surface area contributed by atoms with Gasteiger partial charge in [-0.25, -0.2) is 0 Å². The fourth-order valence-corrected chi connectivity index (χ4v) is 6.88. The van der Waals surface area contributed by atoms with E-state index in [1.54, 1.807) is 24.3 Å². The van der Waals surface area contributed by atoms with Gasteiger partial charge < -0.3 is 0 Å². The Bertz CT molecular complexity index is 1280. The summed E-state index contributed by atoms with van der Waals surface area (Å²) in [7, 11) is -3.64. The second kappa shape index (κ2) is 12.9. The minimum Gasteiger partial charge on any atom is -0.266 e. The van der Waals surface area contributed by atoms with Gasteiger partial charge in [-0.3, -0.25) is 4.18 Å². The summed E-state index contributed by atoms with van der Waals surface area (Å²) >= 11 is 7.41. The number of aryl methyl sites for hydroxylation is 1. The molecule has 0 N–H and O–H groups in total. The van der Waals surface area contributed by atoms with Gasteiger partial charge in [0.05, 0.1) is 11.5 Å². The summed E-state index contributed by atoms with van der Waals surface area (Å²) in [4.78, 5) is 0.234. The summed E-state index contributed by atoms with van der Waals surface area (Å²) in [6.07, 6.45) is 11.2. The lowest BCUT2D eigenvalue weighted by Gasteiger charge is -2.11. The largest absolute Gasteiger partial charge is 0.296 e. The molecule has 0 heterocycles. The Kier molecular flexibility index (Phi) is 9.84. The zero-order chi connectivity index (χ0) is 25.5. The van der Waals surface area contributed by atoms with E-state index < -0.39 is 10.1 Å². The summed E-state index contributed by atoms with van der Waals surface area (Å²) < 4.78 is 32.0. The van der Waals surface area contributed by atoms with Crippen molar-refractivity contribution in [3.63, 3.8) is 0 Å². The predicted molar refractivity (Wildman–Crippen MR) is 155 cm³/mol. The Hall–Kier alpha value is -1.47. The van der Waals surface area contributed by atoms with Crippen molar-refractivity contribution in [2.24, 2.45) is 0 Å².